The molecule has 0 spiro atoms. The van der Waals surface area contributed by atoms with E-state index in [1.165, 1.54) is 6.07 Å². The minimum atomic E-state index is -0.375. The van der Waals surface area contributed by atoms with Crippen LogP contribution in [0.3, 0.4) is 0 Å². The third kappa shape index (κ3) is 2.61. The molecule has 4 heteroatoms. The van der Waals surface area contributed by atoms with Crippen molar-refractivity contribution in [3.05, 3.63) is 69.4 Å². The van der Waals surface area contributed by atoms with Crippen LogP contribution in [0.1, 0.15) is 22.7 Å². The van der Waals surface area contributed by atoms with Gasteiger partial charge in [0.05, 0.1) is 6.04 Å². The Bertz CT molecular complexity index is 557. The van der Waals surface area contributed by atoms with Crippen LogP contribution in [0.2, 0.25) is 0 Å². The highest BCUT2D eigenvalue weighted by atomic mass is 79.9. The van der Waals surface area contributed by atoms with Crippen LogP contribution in [0.25, 0.3) is 0 Å². The van der Waals surface area contributed by atoms with E-state index in [1.807, 2.05) is 31.2 Å². The fourth-order valence-corrected chi connectivity index (χ4v) is 2.45. The summed E-state index contributed by atoms with van der Waals surface area (Å²) in [6.45, 7) is 1.93. The van der Waals surface area contributed by atoms with Crippen LogP contribution in [0.4, 0.5) is 4.39 Å². The lowest BCUT2D eigenvalue weighted by molar-refractivity contribution is 0.558. The largest absolute Gasteiger partial charge is 0.271 e. The second kappa shape index (κ2) is 5.61. The fraction of sp³-hybridized carbons (Fsp3) is 0.143. The second-order valence-corrected chi connectivity index (χ2v) is 5.00. The van der Waals surface area contributed by atoms with E-state index in [0.29, 0.717) is 5.56 Å². The summed E-state index contributed by atoms with van der Waals surface area (Å²) in [4.78, 5) is 0. The Morgan fingerprint density at radius 2 is 1.89 bits per heavy atom. The van der Waals surface area contributed by atoms with Crippen molar-refractivity contribution >= 4 is 15.9 Å². The smallest absolute Gasteiger partial charge is 0.128 e. The van der Waals surface area contributed by atoms with Gasteiger partial charge in [0.2, 0.25) is 0 Å². The number of aryl methyl sites for hydroxylation is 1. The molecule has 2 nitrogen and oxygen atoms in total. The maximum absolute atomic E-state index is 13.9. The highest BCUT2D eigenvalue weighted by Crippen LogP contribution is 2.29. The zero-order chi connectivity index (χ0) is 13.1. The summed E-state index contributed by atoms with van der Waals surface area (Å²) in [5.74, 6) is 5.32. The fourth-order valence-electron chi connectivity index (χ4n) is 1.94. The molecule has 2 aromatic rings. The summed E-state index contributed by atoms with van der Waals surface area (Å²) in [6, 6.07) is 12.3. The standard InChI is InChI=1S/C14H14BrFN2/c1-9-6-7-13(16)11(8-9)14(18-17)10-4-2-3-5-12(10)15/h2-8,14,18H,17H2,1H3. The van der Waals surface area contributed by atoms with Crippen molar-refractivity contribution in [3.8, 4) is 0 Å². The summed E-state index contributed by atoms with van der Waals surface area (Å²) in [6.07, 6.45) is 0. The summed E-state index contributed by atoms with van der Waals surface area (Å²) in [7, 11) is 0. The Morgan fingerprint density at radius 3 is 2.56 bits per heavy atom. The van der Waals surface area contributed by atoms with Crippen molar-refractivity contribution in [1.29, 1.82) is 0 Å². The summed E-state index contributed by atoms with van der Waals surface area (Å²) < 4.78 is 14.8. The van der Waals surface area contributed by atoms with Crippen molar-refractivity contribution < 1.29 is 4.39 Å². The van der Waals surface area contributed by atoms with E-state index >= 15 is 0 Å². The number of nitrogens with one attached hydrogen (secondary N) is 1. The van der Waals surface area contributed by atoms with Gasteiger partial charge in [-0.15, -0.1) is 0 Å². The molecule has 3 N–H and O–H groups in total. The molecule has 1 atom stereocenters. The van der Waals surface area contributed by atoms with Gasteiger partial charge in [0, 0.05) is 10.0 Å². The molecule has 0 fully saturated rings. The van der Waals surface area contributed by atoms with E-state index < -0.39 is 0 Å². The van der Waals surface area contributed by atoms with Gasteiger partial charge >= 0.3 is 0 Å². The topological polar surface area (TPSA) is 38.0 Å². The first-order valence-electron chi connectivity index (χ1n) is 5.60. The average Bonchev–Trinajstić information content (AvgIpc) is 2.36. The minimum absolute atomic E-state index is 0.265. The van der Waals surface area contributed by atoms with E-state index in [4.69, 9.17) is 5.84 Å². The van der Waals surface area contributed by atoms with Gasteiger partial charge in [-0.3, -0.25) is 5.84 Å². The Labute approximate surface area is 114 Å². The van der Waals surface area contributed by atoms with Gasteiger partial charge in [0.15, 0.2) is 0 Å². The molecule has 2 aromatic carbocycles. The molecule has 0 radical (unpaired) electrons. The Kier molecular flexibility index (Phi) is 4.11. The Balaban J connectivity index is 2.52. The highest BCUT2D eigenvalue weighted by molar-refractivity contribution is 9.10. The van der Waals surface area contributed by atoms with Crippen molar-refractivity contribution in [2.45, 2.75) is 13.0 Å². The van der Waals surface area contributed by atoms with E-state index in [-0.39, 0.29) is 11.9 Å². The first-order chi connectivity index (χ1) is 8.63. The predicted molar refractivity (Wildman–Crippen MR) is 74.4 cm³/mol. The first kappa shape index (κ1) is 13.2. The van der Waals surface area contributed by atoms with E-state index in [2.05, 4.69) is 21.4 Å². The number of halogens is 2. The van der Waals surface area contributed by atoms with Gasteiger partial charge in [0.1, 0.15) is 5.82 Å². The normalized spacial score (nSPS) is 12.4. The van der Waals surface area contributed by atoms with Gasteiger partial charge in [-0.05, 0) is 24.6 Å². The maximum atomic E-state index is 13.9. The molecule has 1 unspecified atom stereocenters. The van der Waals surface area contributed by atoms with Crippen LogP contribution >= 0.6 is 15.9 Å². The van der Waals surface area contributed by atoms with Crippen molar-refractivity contribution in [2.24, 2.45) is 5.84 Å². The lowest BCUT2D eigenvalue weighted by atomic mass is 9.97. The van der Waals surface area contributed by atoms with Gasteiger partial charge in [-0.2, -0.15) is 0 Å². The third-order valence-corrected chi connectivity index (χ3v) is 3.57. The number of rotatable bonds is 3. The number of hydrazine groups is 1. The van der Waals surface area contributed by atoms with E-state index in [0.717, 1.165) is 15.6 Å². The van der Waals surface area contributed by atoms with Crippen molar-refractivity contribution in [3.63, 3.8) is 0 Å². The third-order valence-electron chi connectivity index (χ3n) is 2.85. The average molecular weight is 309 g/mol. The zero-order valence-electron chi connectivity index (χ0n) is 9.95. The van der Waals surface area contributed by atoms with Crippen LogP contribution in [0, 0.1) is 12.7 Å². The monoisotopic (exact) mass is 308 g/mol. The van der Waals surface area contributed by atoms with E-state index in [9.17, 15) is 4.39 Å². The quantitative estimate of drug-likeness (QED) is 0.673. The van der Waals surface area contributed by atoms with Gasteiger partial charge in [0.25, 0.3) is 0 Å². The van der Waals surface area contributed by atoms with Gasteiger partial charge in [-0.25, -0.2) is 9.82 Å². The summed E-state index contributed by atoms with van der Waals surface area (Å²) in [5.41, 5.74) is 5.13. The Hall–Kier alpha value is -1.23. The maximum Gasteiger partial charge on any atom is 0.128 e. The minimum Gasteiger partial charge on any atom is -0.271 e. The Morgan fingerprint density at radius 1 is 1.17 bits per heavy atom. The molecule has 0 amide bonds. The number of hydrogen-bond acceptors (Lipinski definition) is 2. The number of benzene rings is 2. The zero-order valence-corrected chi connectivity index (χ0v) is 11.5. The van der Waals surface area contributed by atoms with Crippen molar-refractivity contribution in [1.82, 2.24) is 5.43 Å². The van der Waals surface area contributed by atoms with Crippen LogP contribution < -0.4 is 11.3 Å². The van der Waals surface area contributed by atoms with Crippen LogP contribution in [0.5, 0.6) is 0 Å². The molecule has 0 heterocycles. The first-order valence-corrected chi connectivity index (χ1v) is 6.39. The predicted octanol–water partition coefficient (Wildman–Crippen LogP) is 3.45. The summed E-state index contributed by atoms with van der Waals surface area (Å²) in [5, 5.41) is 0. The van der Waals surface area contributed by atoms with Crippen LogP contribution in [-0.2, 0) is 0 Å². The molecular weight excluding hydrogens is 295 g/mol. The molecule has 0 saturated heterocycles. The molecule has 2 rings (SSSR count). The molecule has 0 aliphatic heterocycles. The molecule has 0 aliphatic rings. The lowest BCUT2D eigenvalue weighted by Crippen LogP contribution is -2.29. The molecule has 18 heavy (non-hydrogen) atoms. The van der Waals surface area contributed by atoms with Gasteiger partial charge < -0.3 is 0 Å². The lowest BCUT2D eigenvalue weighted by Gasteiger charge is -2.19. The molecule has 94 valence electrons. The molecule has 0 aliphatic carbocycles. The van der Waals surface area contributed by atoms with Crippen molar-refractivity contribution in [2.75, 3.05) is 0 Å². The van der Waals surface area contributed by atoms with Crippen LogP contribution in [0.15, 0.2) is 46.9 Å². The number of hydrogen-bond donors (Lipinski definition) is 2. The molecular formula is C14H14BrFN2. The van der Waals surface area contributed by atoms with Gasteiger partial charge in [-0.1, -0.05) is 51.8 Å². The number of nitrogens with two attached hydrogens (primary N) is 1. The van der Waals surface area contributed by atoms with Crippen LogP contribution in [-0.4, -0.2) is 0 Å². The SMILES string of the molecule is Cc1ccc(F)c(C(NN)c2ccccc2Br)c1. The molecule has 0 saturated carbocycles. The van der Waals surface area contributed by atoms with E-state index in [1.54, 1.807) is 12.1 Å². The molecule has 0 bridgehead atoms. The highest BCUT2D eigenvalue weighted by Gasteiger charge is 2.18. The second-order valence-electron chi connectivity index (χ2n) is 4.15. The summed E-state index contributed by atoms with van der Waals surface area (Å²) >= 11 is 3.46. The molecule has 0 aromatic heterocycles.